The Balaban J connectivity index is 1.91. The first-order valence-corrected chi connectivity index (χ1v) is 6.88. The van der Waals surface area contributed by atoms with Gasteiger partial charge in [0.1, 0.15) is 0 Å². The topological polar surface area (TPSA) is 52.6 Å². The molecule has 0 radical (unpaired) electrons. The van der Waals surface area contributed by atoms with Crippen molar-refractivity contribution >= 4 is 23.2 Å². The van der Waals surface area contributed by atoms with Gasteiger partial charge in [-0.1, -0.05) is 24.6 Å². The monoisotopic (exact) mass is 282 g/mol. The van der Waals surface area contributed by atoms with Crippen molar-refractivity contribution in [3.05, 3.63) is 29.3 Å². The van der Waals surface area contributed by atoms with Crippen molar-refractivity contribution in [2.24, 2.45) is 5.92 Å². The van der Waals surface area contributed by atoms with Gasteiger partial charge >= 0.3 is 0 Å². The van der Waals surface area contributed by atoms with Crippen molar-refractivity contribution < 1.29 is 9.90 Å². The Labute approximate surface area is 118 Å². The van der Waals surface area contributed by atoms with E-state index >= 15 is 0 Å². The Kier molecular flexibility index (Phi) is 4.80. The van der Waals surface area contributed by atoms with Gasteiger partial charge in [-0.05, 0) is 37.1 Å². The molecule has 1 heterocycles. The van der Waals surface area contributed by atoms with Crippen molar-refractivity contribution in [3.63, 3.8) is 0 Å². The van der Waals surface area contributed by atoms with Crippen LogP contribution in [0.5, 0.6) is 0 Å². The van der Waals surface area contributed by atoms with Gasteiger partial charge in [-0.15, -0.1) is 0 Å². The van der Waals surface area contributed by atoms with Crippen LogP contribution in [0.25, 0.3) is 0 Å². The third-order valence-corrected chi connectivity index (χ3v) is 3.87. The van der Waals surface area contributed by atoms with Crippen LogP contribution in [0.15, 0.2) is 24.3 Å². The highest BCUT2D eigenvalue weighted by atomic mass is 35.5. The maximum absolute atomic E-state index is 12.0. The van der Waals surface area contributed by atoms with E-state index in [1.54, 1.807) is 24.3 Å². The van der Waals surface area contributed by atoms with Gasteiger partial charge in [-0.3, -0.25) is 9.69 Å². The highest BCUT2D eigenvalue weighted by Crippen LogP contribution is 2.23. The number of carbonyl (C=O) groups is 1. The van der Waals surface area contributed by atoms with E-state index in [2.05, 4.69) is 12.2 Å². The van der Waals surface area contributed by atoms with Gasteiger partial charge in [0.2, 0.25) is 5.91 Å². The van der Waals surface area contributed by atoms with E-state index in [1.807, 2.05) is 4.90 Å². The first-order chi connectivity index (χ1) is 9.10. The second-order valence-electron chi connectivity index (χ2n) is 5.04. The molecule has 1 aliphatic heterocycles. The molecule has 0 saturated carbocycles. The van der Waals surface area contributed by atoms with Crippen LogP contribution in [0.4, 0.5) is 5.69 Å². The molecule has 104 valence electrons. The molecular formula is C14H19ClN2O2. The molecule has 0 spiro atoms. The van der Waals surface area contributed by atoms with E-state index in [1.165, 1.54) is 0 Å². The molecule has 1 fully saturated rings. The average molecular weight is 283 g/mol. The zero-order valence-electron chi connectivity index (χ0n) is 11.0. The van der Waals surface area contributed by atoms with Gasteiger partial charge in [0.15, 0.2) is 0 Å². The van der Waals surface area contributed by atoms with Gasteiger partial charge in [0.25, 0.3) is 0 Å². The second-order valence-corrected chi connectivity index (χ2v) is 5.48. The van der Waals surface area contributed by atoms with Gasteiger partial charge in [0.05, 0.1) is 13.2 Å². The van der Waals surface area contributed by atoms with Gasteiger partial charge in [-0.2, -0.15) is 0 Å². The van der Waals surface area contributed by atoms with Crippen molar-refractivity contribution in [3.8, 4) is 0 Å². The molecule has 2 atom stereocenters. The average Bonchev–Trinajstić information content (AvgIpc) is 2.69. The number of nitrogens with one attached hydrogen (secondary N) is 1. The molecule has 2 rings (SSSR count). The molecule has 2 N–H and O–H groups in total. The molecule has 1 aromatic carbocycles. The second kappa shape index (κ2) is 6.37. The quantitative estimate of drug-likeness (QED) is 0.888. The molecule has 2 unspecified atom stereocenters. The lowest BCUT2D eigenvalue weighted by Crippen LogP contribution is -2.40. The predicted molar refractivity (Wildman–Crippen MR) is 76.3 cm³/mol. The lowest BCUT2D eigenvalue weighted by Gasteiger charge is -2.24. The Morgan fingerprint density at radius 1 is 1.58 bits per heavy atom. The summed E-state index contributed by atoms with van der Waals surface area (Å²) in [6, 6.07) is 7.17. The maximum atomic E-state index is 12.0. The first kappa shape index (κ1) is 14.3. The zero-order valence-corrected chi connectivity index (χ0v) is 11.7. The molecule has 1 amide bonds. The lowest BCUT2D eigenvalue weighted by atomic mass is 10.0. The molecule has 19 heavy (non-hydrogen) atoms. The van der Waals surface area contributed by atoms with Crippen molar-refractivity contribution in [1.29, 1.82) is 0 Å². The van der Waals surface area contributed by atoms with E-state index in [9.17, 15) is 9.90 Å². The molecule has 0 aliphatic carbocycles. The zero-order chi connectivity index (χ0) is 13.8. The number of benzene rings is 1. The summed E-state index contributed by atoms with van der Waals surface area (Å²) in [7, 11) is 0. The fourth-order valence-electron chi connectivity index (χ4n) is 2.53. The number of halogens is 1. The standard InChI is InChI=1S/C14H19ClN2O2/c1-10-5-6-17(13(10)9-18)8-14(19)16-12-4-2-3-11(15)7-12/h2-4,7,10,13,18H,5-6,8-9H2,1H3,(H,16,19). The minimum atomic E-state index is -0.0742. The predicted octanol–water partition coefficient (Wildman–Crippen LogP) is 1.98. The molecule has 5 heteroatoms. The van der Waals surface area contributed by atoms with Gasteiger partial charge in [0, 0.05) is 16.8 Å². The van der Waals surface area contributed by atoms with Gasteiger partial charge in [-0.25, -0.2) is 0 Å². The van der Waals surface area contributed by atoms with Crippen molar-refractivity contribution in [2.75, 3.05) is 25.0 Å². The Morgan fingerprint density at radius 3 is 3.05 bits per heavy atom. The van der Waals surface area contributed by atoms with Crippen LogP contribution in [0.3, 0.4) is 0 Å². The first-order valence-electron chi connectivity index (χ1n) is 6.50. The Morgan fingerprint density at radius 2 is 2.37 bits per heavy atom. The van der Waals surface area contributed by atoms with E-state index in [0.29, 0.717) is 23.2 Å². The number of aliphatic hydroxyl groups excluding tert-OH is 1. The maximum Gasteiger partial charge on any atom is 0.238 e. The molecule has 0 aromatic heterocycles. The molecule has 1 aromatic rings. The minimum absolute atomic E-state index is 0.0742. The molecular weight excluding hydrogens is 264 g/mol. The van der Waals surface area contributed by atoms with Crippen molar-refractivity contribution in [1.82, 2.24) is 4.90 Å². The molecule has 4 nitrogen and oxygen atoms in total. The summed E-state index contributed by atoms with van der Waals surface area (Å²) in [6.45, 7) is 3.37. The summed E-state index contributed by atoms with van der Waals surface area (Å²) in [6.07, 6.45) is 1.02. The van der Waals surface area contributed by atoms with Crippen LogP contribution >= 0.6 is 11.6 Å². The summed E-state index contributed by atoms with van der Waals surface area (Å²) in [5, 5.41) is 12.8. The number of hydrogen-bond acceptors (Lipinski definition) is 3. The van der Waals surface area contributed by atoms with Gasteiger partial charge < -0.3 is 10.4 Å². The summed E-state index contributed by atoms with van der Waals surface area (Å²) in [5.41, 5.74) is 0.699. The molecule has 0 bridgehead atoms. The smallest absolute Gasteiger partial charge is 0.238 e. The number of amides is 1. The number of rotatable bonds is 4. The number of aliphatic hydroxyl groups is 1. The fraction of sp³-hybridized carbons (Fsp3) is 0.500. The summed E-state index contributed by atoms with van der Waals surface area (Å²) >= 11 is 5.87. The third kappa shape index (κ3) is 3.69. The highest BCUT2D eigenvalue weighted by molar-refractivity contribution is 6.30. The Bertz CT molecular complexity index is 453. The number of hydrogen-bond donors (Lipinski definition) is 2. The van der Waals surface area contributed by atoms with Crippen LogP contribution in [-0.4, -0.2) is 41.7 Å². The molecule has 1 saturated heterocycles. The van der Waals surface area contributed by atoms with Crippen LogP contribution in [0, 0.1) is 5.92 Å². The van der Waals surface area contributed by atoms with E-state index in [4.69, 9.17) is 11.6 Å². The third-order valence-electron chi connectivity index (χ3n) is 3.64. The van der Waals surface area contributed by atoms with Crippen LogP contribution in [-0.2, 0) is 4.79 Å². The summed E-state index contributed by atoms with van der Waals surface area (Å²) in [4.78, 5) is 14.0. The van der Waals surface area contributed by atoms with E-state index in [-0.39, 0.29) is 18.6 Å². The highest BCUT2D eigenvalue weighted by Gasteiger charge is 2.31. The summed E-state index contributed by atoms with van der Waals surface area (Å²) < 4.78 is 0. The number of anilines is 1. The van der Waals surface area contributed by atoms with Crippen LogP contribution in [0.2, 0.25) is 5.02 Å². The lowest BCUT2D eigenvalue weighted by molar-refractivity contribution is -0.117. The van der Waals surface area contributed by atoms with Crippen LogP contribution in [0.1, 0.15) is 13.3 Å². The Hall–Kier alpha value is -1.10. The number of likely N-dealkylation sites (tertiary alicyclic amines) is 1. The fourth-order valence-corrected chi connectivity index (χ4v) is 2.72. The van der Waals surface area contributed by atoms with E-state index < -0.39 is 0 Å². The number of nitrogens with zero attached hydrogens (tertiary/aromatic N) is 1. The van der Waals surface area contributed by atoms with Crippen molar-refractivity contribution in [2.45, 2.75) is 19.4 Å². The minimum Gasteiger partial charge on any atom is -0.395 e. The largest absolute Gasteiger partial charge is 0.395 e. The summed E-state index contributed by atoms with van der Waals surface area (Å²) in [5.74, 6) is 0.360. The molecule has 1 aliphatic rings. The number of carbonyl (C=O) groups excluding carboxylic acids is 1. The normalized spacial score (nSPS) is 23.5. The SMILES string of the molecule is CC1CCN(CC(=O)Nc2cccc(Cl)c2)C1CO. The van der Waals surface area contributed by atoms with Crippen LogP contribution < -0.4 is 5.32 Å². The van der Waals surface area contributed by atoms with E-state index in [0.717, 1.165) is 13.0 Å².